The van der Waals surface area contributed by atoms with Crippen LogP contribution in [-0.4, -0.2) is 22.6 Å². The largest absolute Gasteiger partial charge is 0.369 e. The molecule has 2 N–H and O–H groups in total. The van der Waals surface area contributed by atoms with Crippen LogP contribution in [0.1, 0.15) is 31.9 Å². The Morgan fingerprint density at radius 1 is 1.40 bits per heavy atom. The molecule has 1 aromatic rings. The molecule has 1 aliphatic rings. The molecule has 0 bridgehead atoms. The second-order valence-electron chi connectivity index (χ2n) is 3.98. The molecule has 1 heterocycles. The Bertz CT molecular complexity index is 309. The molecule has 0 aliphatic heterocycles. The van der Waals surface area contributed by atoms with E-state index in [1.807, 2.05) is 6.20 Å². The zero-order valence-corrected chi connectivity index (χ0v) is 9.16. The van der Waals surface area contributed by atoms with E-state index in [1.54, 1.807) is 6.20 Å². The van der Waals surface area contributed by atoms with Crippen molar-refractivity contribution in [2.24, 2.45) is 0 Å². The van der Waals surface area contributed by atoms with Crippen LogP contribution in [0, 0.1) is 0 Å². The Hall–Kier alpha value is -1.16. The second-order valence-corrected chi connectivity index (χ2v) is 3.98. The third-order valence-electron chi connectivity index (χ3n) is 2.39. The third-order valence-corrected chi connectivity index (χ3v) is 2.39. The molecular formula is C11H18N4. The van der Waals surface area contributed by atoms with Crippen molar-refractivity contribution in [3.05, 3.63) is 18.1 Å². The number of aromatic nitrogens is 2. The van der Waals surface area contributed by atoms with Crippen molar-refractivity contribution in [1.82, 2.24) is 15.3 Å². The van der Waals surface area contributed by atoms with Crippen LogP contribution >= 0.6 is 0 Å². The summed E-state index contributed by atoms with van der Waals surface area (Å²) in [5, 5.41) is 6.66. The predicted molar refractivity (Wildman–Crippen MR) is 60.7 cm³/mol. The molecule has 4 nitrogen and oxygen atoms in total. The highest BCUT2D eigenvalue weighted by atomic mass is 15.0. The second kappa shape index (κ2) is 5.07. The number of nitrogens with zero attached hydrogens (tertiary/aromatic N) is 2. The molecule has 0 radical (unpaired) electrons. The molecule has 0 saturated heterocycles. The van der Waals surface area contributed by atoms with Crippen LogP contribution in [0.3, 0.4) is 0 Å². The van der Waals surface area contributed by atoms with Crippen molar-refractivity contribution in [2.45, 2.75) is 38.8 Å². The Labute approximate surface area is 90.5 Å². The molecule has 1 fully saturated rings. The number of anilines is 1. The van der Waals surface area contributed by atoms with Gasteiger partial charge in [0.1, 0.15) is 5.82 Å². The number of nitrogens with one attached hydrogen (secondary N) is 2. The first-order valence-corrected chi connectivity index (χ1v) is 5.66. The third kappa shape index (κ3) is 3.47. The lowest BCUT2D eigenvalue weighted by Crippen LogP contribution is -2.17. The van der Waals surface area contributed by atoms with Crippen LogP contribution in [0.2, 0.25) is 0 Å². The van der Waals surface area contributed by atoms with Gasteiger partial charge in [-0.1, -0.05) is 6.92 Å². The lowest BCUT2D eigenvalue weighted by molar-refractivity contribution is 0.672. The van der Waals surface area contributed by atoms with Crippen LogP contribution in [0.5, 0.6) is 0 Å². The van der Waals surface area contributed by atoms with Crippen LogP contribution in [0.15, 0.2) is 12.4 Å². The highest BCUT2D eigenvalue weighted by Crippen LogP contribution is 2.19. The van der Waals surface area contributed by atoms with Gasteiger partial charge in [-0.2, -0.15) is 0 Å². The highest BCUT2D eigenvalue weighted by molar-refractivity contribution is 5.31. The van der Waals surface area contributed by atoms with Gasteiger partial charge in [-0.3, -0.25) is 4.98 Å². The topological polar surface area (TPSA) is 49.8 Å². The first-order valence-electron chi connectivity index (χ1n) is 5.66. The lowest BCUT2D eigenvalue weighted by atomic mass is 10.4. The molecule has 2 rings (SSSR count). The maximum atomic E-state index is 4.47. The fourth-order valence-electron chi connectivity index (χ4n) is 1.37. The van der Waals surface area contributed by atoms with E-state index in [0.717, 1.165) is 37.1 Å². The Kier molecular flexibility index (Phi) is 3.50. The quantitative estimate of drug-likeness (QED) is 0.741. The van der Waals surface area contributed by atoms with Gasteiger partial charge in [0.2, 0.25) is 0 Å². The fourth-order valence-corrected chi connectivity index (χ4v) is 1.37. The summed E-state index contributed by atoms with van der Waals surface area (Å²) in [6, 6.07) is 0.721. The van der Waals surface area contributed by atoms with Gasteiger partial charge in [0.05, 0.1) is 11.9 Å². The number of hydrogen-bond acceptors (Lipinski definition) is 4. The average Bonchev–Trinajstić information content (AvgIpc) is 3.08. The van der Waals surface area contributed by atoms with E-state index < -0.39 is 0 Å². The summed E-state index contributed by atoms with van der Waals surface area (Å²) in [4.78, 5) is 8.64. The van der Waals surface area contributed by atoms with Crippen LogP contribution in [-0.2, 0) is 6.54 Å². The minimum Gasteiger partial charge on any atom is -0.369 e. The first-order chi connectivity index (χ1) is 7.38. The van der Waals surface area contributed by atoms with Crippen LogP contribution in [0.4, 0.5) is 5.82 Å². The molecular weight excluding hydrogens is 188 g/mol. The van der Waals surface area contributed by atoms with Gasteiger partial charge in [0.25, 0.3) is 0 Å². The van der Waals surface area contributed by atoms with Crippen molar-refractivity contribution in [1.29, 1.82) is 0 Å². The first kappa shape index (κ1) is 10.4. The smallest absolute Gasteiger partial charge is 0.144 e. The normalized spacial score (nSPS) is 15.3. The minimum absolute atomic E-state index is 0.721. The Morgan fingerprint density at radius 2 is 2.27 bits per heavy atom. The molecule has 0 unspecified atom stereocenters. The summed E-state index contributed by atoms with van der Waals surface area (Å²) in [6.45, 7) is 3.92. The predicted octanol–water partition coefficient (Wildman–Crippen LogP) is 1.55. The minimum atomic E-state index is 0.721. The number of hydrogen-bond donors (Lipinski definition) is 2. The van der Waals surface area contributed by atoms with E-state index >= 15 is 0 Å². The van der Waals surface area contributed by atoms with Crippen molar-refractivity contribution >= 4 is 5.82 Å². The molecule has 1 saturated carbocycles. The van der Waals surface area contributed by atoms with Crippen molar-refractivity contribution < 1.29 is 0 Å². The van der Waals surface area contributed by atoms with Crippen molar-refractivity contribution in [2.75, 3.05) is 11.9 Å². The highest BCUT2D eigenvalue weighted by Gasteiger charge is 2.20. The van der Waals surface area contributed by atoms with E-state index in [9.17, 15) is 0 Å². The molecule has 4 heteroatoms. The summed E-state index contributed by atoms with van der Waals surface area (Å²) in [5.41, 5.74) is 1.02. The Morgan fingerprint density at radius 3 is 3.00 bits per heavy atom. The molecule has 0 aromatic carbocycles. The Balaban J connectivity index is 1.85. The molecule has 1 aromatic heterocycles. The van der Waals surface area contributed by atoms with E-state index in [-0.39, 0.29) is 0 Å². The van der Waals surface area contributed by atoms with Gasteiger partial charge >= 0.3 is 0 Å². The SMILES string of the molecule is CCCNc1cncc(CNC2CC2)n1. The van der Waals surface area contributed by atoms with E-state index in [4.69, 9.17) is 0 Å². The lowest BCUT2D eigenvalue weighted by Gasteiger charge is -2.06. The van der Waals surface area contributed by atoms with Gasteiger partial charge in [0, 0.05) is 25.3 Å². The molecule has 82 valence electrons. The maximum absolute atomic E-state index is 4.47. The van der Waals surface area contributed by atoms with Crippen molar-refractivity contribution in [3.63, 3.8) is 0 Å². The van der Waals surface area contributed by atoms with Gasteiger partial charge in [-0.25, -0.2) is 4.98 Å². The van der Waals surface area contributed by atoms with E-state index in [1.165, 1.54) is 12.8 Å². The van der Waals surface area contributed by atoms with Gasteiger partial charge in [-0.15, -0.1) is 0 Å². The van der Waals surface area contributed by atoms with Crippen molar-refractivity contribution in [3.8, 4) is 0 Å². The monoisotopic (exact) mass is 206 g/mol. The summed E-state index contributed by atoms with van der Waals surface area (Å²) in [5.74, 6) is 0.881. The van der Waals surface area contributed by atoms with Crippen LogP contribution in [0.25, 0.3) is 0 Å². The van der Waals surface area contributed by atoms with Gasteiger partial charge in [-0.05, 0) is 19.3 Å². The molecule has 15 heavy (non-hydrogen) atoms. The zero-order valence-electron chi connectivity index (χ0n) is 9.16. The van der Waals surface area contributed by atoms with Gasteiger partial charge in [0.15, 0.2) is 0 Å². The van der Waals surface area contributed by atoms with Crippen LogP contribution < -0.4 is 10.6 Å². The summed E-state index contributed by atoms with van der Waals surface area (Å²) >= 11 is 0. The maximum Gasteiger partial charge on any atom is 0.144 e. The standard InChI is InChI=1S/C11H18N4/c1-2-5-13-11-8-12-6-10(15-11)7-14-9-3-4-9/h6,8-9,14H,2-5,7H2,1H3,(H,13,15). The molecule has 0 spiro atoms. The zero-order chi connectivity index (χ0) is 10.5. The summed E-state index contributed by atoms with van der Waals surface area (Å²) < 4.78 is 0. The van der Waals surface area contributed by atoms with E-state index in [2.05, 4.69) is 27.5 Å². The number of rotatable bonds is 6. The molecule has 0 amide bonds. The molecule has 1 aliphatic carbocycles. The summed E-state index contributed by atoms with van der Waals surface area (Å²) in [7, 11) is 0. The average molecular weight is 206 g/mol. The fraction of sp³-hybridized carbons (Fsp3) is 0.636. The van der Waals surface area contributed by atoms with Gasteiger partial charge < -0.3 is 10.6 Å². The van der Waals surface area contributed by atoms with E-state index in [0.29, 0.717) is 0 Å². The summed E-state index contributed by atoms with van der Waals surface area (Å²) in [6.07, 6.45) is 7.32. The molecule has 0 atom stereocenters.